The van der Waals surface area contributed by atoms with E-state index >= 15 is 0 Å². The lowest BCUT2D eigenvalue weighted by Crippen LogP contribution is -2.20. The first-order valence-corrected chi connectivity index (χ1v) is 4.70. The zero-order chi connectivity index (χ0) is 9.84. The molecule has 1 atom stereocenters. The quantitative estimate of drug-likeness (QED) is 0.811. The fourth-order valence-corrected chi connectivity index (χ4v) is 1.26. The Kier molecular flexibility index (Phi) is 5.77. The average Bonchev–Trinajstić information content (AvgIpc) is 2.17. The highest BCUT2D eigenvalue weighted by Crippen LogP contribution is 2.16. The molecule has 0 amide bonds. The van der Waals surface area contributed by atoms with Crippen LogP contribution in [-0.4, -0.2) is 6.54 Å². The molecule has 0 aromatic heterocycles. The van der Waals surface area contributed by atoms with Gasteiger partial charge in [0.05, 0.1) is 0 Å². The van der Waals surface area contributed by atoms with Gasteiger partial charge in [-0.15, -0.1) is 12.4 Å². The normalized spacial score (nSPS) is 12.4. The van der Waals surface area contributed by atoms with Gasteiger partial charge in [0.15, 0.2) is 0 Å². The van der Waals surface area contributed by atoms with Crippen LogP contribution in [0.25, 0.3) is 0 Å². The minimum absolute atomic E-state index is 0. The van der Waals surface area contributed by atoms with Crippen molar-refractivity contribution in [2.75, 3.05) is 6.54 Å². The number of rotatable bonds is 3. The third-order valence-electron chi connectivity index (χ3n) is 2.29. The molecule has 3 heteroatoms. The Morgan fingerprint density at radius 1 is 1.07 bits per heavy atom. The Morgan fingerprint density at radius 3 is 1.86 bits per heavy atom. The highest BCUT2D eigenvalue weighted by Gasteiger charge is 2.03. The Hall–Kier alpha value is -0.570. The van der Waals surface area contributed by atoms with E-state index in [1.807, 2.05) is 0 Å². The summed E-state index contributed by atoms with van der Waals surface area (Å²) in [6.07, 6.45) is 0. The number of benzene rings is 1. The second kappa shape index (κ2) is 6.02. The van der Waals surface area contributed by atoms with Crippen LogP contribution in [0.15, 0.2) is 24.3 Å². The Bertz CT molecular complexity index is 256. The van der Waals surface area contributed by atoms with Gasteiger partial charge in [-0.1, -0.05) is 38.1 Å². The van der Waals surface area contributed by atoms with Gasteiger partial charge >= 0.3 is 0 Å². The first kappa shape index (κ1) is 13.4. The van der Waals surface area contributed by atoms with Crippen molar-refractivity contribution < 1.29 is 0 Å². The summed E-state index contributed by atoms with van der Waals surface area (Å²) in [6, 6.07) is 8.34. The van der Waals surface area contributed by atoms with Crippen molar-refractivity contribution in [3.63, 3.8) is 0 Å². The first-order chi connectivity index (χ1) is 6.15. The molecule has 0 bridgehead atoms. The predicted octanol–water partition coefficient (Wildman–Crippen LogP) is 2.19. The minimum Gasteiger partial charge on any atom is -0.329 e. The monoisotopic (exact) mass is 214 g/mol. The largest absolute Gasteiger partial charge is 0.329 e. The maximum absolute atomic E-state index is 5.80. The molecule has 0 aliphatic rings. The van der Waals surface area contributed by atoms with Crippen molar-refractivity contribution in [2.24, 2.45) is 11.5 Å². The van der Waals surface area contributed by atoms with Gasteiger partial charge in [0.2, 0.25) is 0 Å². The van der Waals surface area contributed by atoms with Crippen LogP contribution in [0, 0.1) is 0 Å². The summed E-state index contributed by atoms with van der Waals surface area (Å²) in [5, 5.41) is 0. The minimum atomic E-state index is -0.0267. The Labute approximate surface area is 92.1 Å². The second-order valence-corrected chi connectivity index (χ2v) is 3.66. The van der Waals surface area contributed by atoms with Gasteiger partial charge in [0.25, 0.3) is 0 Å². The smallest absolute Gasteiger partial charge is 0.0419 e. The van der Waals surface area contributed by atoms with Gasteiger partial charge in [-0.2, -0.15) is 0 Å². The molecule has 1 aromatic rings. The molecule has 0 fully saturated rings. The van der Waals surface area contributed by atoms with Crippen molar-refractivity contribution in [1.29, 1.82) is 0 Å². The molecule has 0 spiro atoms. The summed E-state index contributed by atoms with van der Waals surface area (Å²) in [4.78, 5) is 0. The standard InChI is InChI=1S/C11H18N2.ClH/c1-8(2)9-3-5-10(6-4-9)11(13)7-12;/h3-6,8,11H,7,12-13H2,1-2H3;1H/t11-;/m1./s1. The van der Waals surface area contributed by atoms with Gasteiger partial charge in [0.1, 0.15) is 0 Å². The summed E-state index contributed by atoms with van der Waals surface area (Å²) in [5.74, 6) is 0.572. The molecule has 0 saturated carbocycles. The van der Waals surface area contributed by atoms with Crippen molar-refractivity contribution in [2.45, 2.75) is 25.8 Å². The summed E-state index contributed by atoms with van der Waals surface area (Å²) in [5.41, 5.74) is 13.7. The molecule has 0 saturated heterocycles. The van der Waals surface area contributed by atoms with Crippen molar-refractivity contribution in [3.05, 3.63) is 35.4 Å². The molecular weight excluding hydrogens is 196 g/mol. The van der Waals surface area contributed by atoms with Gasteiger partial charge in [-0.3, -0.25) is 0 Å². The van der Waals surface area contributed by atoms with E-state index in [2.05, 4.69) is 38.1 Å². The highest BCUT2D eigenvalue weighted by molar-refractivity contribution is 5.85. The molecule has 0 aliphatic carbocycles. The number of nitrogens with two attached hydrogens (primary N) is 2. The van der Waals surface area contributed by atoms with Crippen molar-refractivity contribution in [1.82, 2.24) is 0 Å². The third kappa shape index (κ3) is 3.29. The van der Waals surface area contributed by atoms with Crippen LogP contribution in [0.1, 0.15) is 36.9 Å². The Balaban J connectivity index is 0.00000169. The number of halogens is 1. The maximum atomic E-state index is 5.80. The number of hydrogen-bond acceptors (Lipinski definition) is 2. The molecular formula is C11H19ClN2. The molecule has 0 radical (unpaired) electrons. The van der Waals surface area contributed by atoms with Crippen LogP contribution >= 0.6 is 12.4 Å². The third-order valence-corrected chi connectivity index (χ3v) is 2.29. The summed E-state index contributed by atoms with van der Waals surface area (Å²) >= 11 is 0. The topological polar surface area (TPSA) is 52.0 Å². The van der Waals surface area contributed by atoms with Crippen LogP contribution in [0.4, 0.5) is 0 Å². The molecule has 4 N–H and O–H groups in total. The summed E-state index contributed by atoms with van der Waals surface area (Å²) in [7, 11) is 0. The van der Waals surface area contributed by atoms with Gasteiger partial charge in [0, 0.05) is 12.6 Å². The SMILES string of the molecule is CC(C)c1ccc([C@H](N)CN)cc1.Cl. The van der Waals surface area contributed by atoms with Crippen LogP contribution in [0.3, 0.4) is 0 Å². The molecule has 1 aromatic carbocycles. The van der Waals surface area contributed by atoms with Gasteiger partial charge < -0.3 is 11.5 Å². The van der Waals surface area contributed by atoms with E-state index in [1.54, 1.807) is 0 Å². The predicted molar refractivity (Wildman–Crippen MR) is 63.8 cm³/mol. The molecule has 14 heavy (non-hydrogen) atoms. The summed E-state index contributed by atoms with van der Waals surface area (Å²) in [6.45, 7) is 4.86. The molecule has 2 nitrogen and oxygen atoms in total. The lowest BCUT2D eigenvalue weighted by Gasteiger charge is -2.11. The summed E-state index contributed by atoms with van der Waals surface area (Å²) < 4.78 is 0. The van der Waals surface area contributed by atoms with Crippen LogP contribution in [0.5, 0.6) is 0 Å². The molecule has 80 valence electrons. The zero-order valence-corrected chi connectivity index (χ0v) is 9.55. The average molecular weight is 215 g/mol. The fourth-order valence-electron chi connectivity index (χ4n) is 1.26. The van der Waals surface area contributed by atoms with E-state index in [9.17, 15) is 0 Å². The van der Waals surface area contributed by atoms with E-state index in [1.165, 1.54) is 5.56 Å². The lowest BCUT2D eigenvalue weighted by atomic mass is 9.99. The zero-order valence-electron chi connectivity index (χ0n) is 8.73. The highest BCUT2D eigenvalue weighted by atomic mass is 35.5. The molecule has 1 rings (SSSR count). The maximum Gasteiger partial charge on any atom is 0.0419 e. The Morgan fingerprint density at radius 2 is 1.50 bits per heavy atom. The van der Waals surface area contributed by atoms with Crippen LogP contribution in [-0.2, 0) is 0 Å². The van der Waals surface area contributed by atoms with Gasteiger partial charge in [-0.05, 0) is 17.0 Å². The molecule has 0 aliphatic heterocycles. The van der Waals surface area contributed by atoms with Crippen LogP contribution in [0.2, 0.25) is 0 Å². The van der Waals surface area contributed by atoms with Gasteiger partial charge in [-0.25, -0.2) is 0 Å². The molecule has 0 unspecified atom stereocenters. The van der Waals surface area contributed by atoms with E-state index in [0.717, 1.165) is 5.56 Å². The van der Waals surface area contributed by atoms with Crippen LogP contribution < -0.4 is 11.5 Å². The van der Waals surface area contributed by atoms with E-state index in [4.69, 9.17) is 11.5 Å². The molecule has 0 heterocycles. The van der Waals surface area contributed by atoms with Crippen molar-refractivity contribution >= 4 is 12.4 Å². The van der Waals surface area contributed by atoms with E-state index in [-0.39, 0.29) is 18.4 Å². The lowest BCUT2D eigenvalue weighted by molar-refractivity contribution is 0.735. The number of hydrogen-bond donors (Lipinski definition) is 2. The van der Waals surface area contributed by atoms with Crippen molar-refractivity contribution in [3.8, 4) is 0 Å². The van der Waals surface area contributed by atoms with E-state index in [0.29, 0.717) is 12.5 Å². The first-order valence-electron chi connectivity index (χ1n) is 4.70. The van der Waals surface area contributed by atoms with E-state index < -0.39 is 0 Å². The second-order valence-electron chi connectivity index (χ2n) is 3.66. The fraction of sp³-hybridized carbons (Fsp3) is 0.455.